The van der Waals surface area contributed by atoms with Crippen molar-refractivity contribution in [3.05, 3.63) is 77.2 Å². The van der Waals surface area contributed by atoms with Crippen molar-refractivity contribution in [3.8, 4) is 11.5 Å². The topological polar surface area (TPSA) is 80.7 Å². The number of allylic oxidation sites excluding steroid dienone is 2. The maximum absolute atomic E-state index is 11.0. The number of hydrogen-bond donors (Lipinski definition) is 2. The van der Waals surface area contributed by atoms with Gasteiger partial charge in [-0.3, -0.25) is 10.0 Å². The number of pyridine rings is 1. The van der Waals surface area contributed by atoms with Crippen LogP contribution in [0.5, 0.6) is 11.5 Å². The largest absolute Gasteiger partial charge is 0.496 e. The molecular weight excluding hydrogens is 356 g/mol. The van der Waals surface area contributed by atoms with Gasteiger partial charge in [0.05, 0.1) is 19.9 Å². The van der Waals surface area contributed by atoms with Gasteiger partial charge in [-0.1, -0.05) is 24.8 Å². The second kappa shape index (κ2) is 9.53. The third-order valence-electron chi connectivity index (χ3n) is 4.33. The lowest BCUT2D eigenvalue weighted by atomic mass is 9.98. The molecular formula is C22H24N2O4. The van der Waals surface area contributed by atoms with E-state index in [4.69, 9.17) is 14.7 Å². The van der Waals surface area contributed by atoms with E-state index in [-0.39, 0.29) is 0 Å². The molecule has 28 heavy (non-hydrogen) atoms. The summed E-state index contributed by atoms with van der Waals surface area (Å²) in [5, 5.41) is 8.49. The first-order valence-corrected chi connectivity index (χ1v) is 8.60. The Hall–Kier alpha value is -3.38. The number of rotatable bonds is 7. The Balaban J connectivity index is 2.38. The van der Waals surface area contributed by atoms with E-state index < -0.39 is 5.91 Å². The van der Waals surface area contributed by atoms with Crippen LogP contribution < -0.4 is 15.0 Å². The molecule has 0 aliphatic heterocycles. The van der Waals surface area contributed by atoms with Crippen LogP contribution >= 0.6 is 0 Å². The molecule has 6 heteroatoms. The van der Waals surface area contributed by atoms with Gasteiger partial charge < -0.3 is 9.47 Å². The number of nitrogens with one attached hydrogen (secondary N) is 1. The number of methoxy groups -OCH3 is 2. The van der Waals surface area contributed by atoms with Gasteiger partial charge in [-0.2, -0.15) is 0 Å². The number of amides is 1. The second-order valence-electron chi connectivity index (χ2n) is 6.08. The van der Waals surface area contributed by atoms with Gasteiger partial charge in [0, 0.05) is 11.6 Å². The summed E-state index contributed by atoms with van der Waals surface area (Å²) in [4.78, 5) is 15.6. The van der Waals surface area contributed by atoms with Crippen LogP contribution in [-0.4, -0.2) is 30.3 Å². The van der Waals surface area contributed by atoms with Gasteiger partial charge in [-0.05, 0) is 54.8 Å². The molecule has 2 rings (SSSR count). The van der Waals surface area contributed by atoms with Crippen molar-refractivity contribution in [1.82, 2.24) is 10.5 Å². The number of benzene rings is 1. The molecule has 1 heterocycles. The summed E-state index contributed by atoms with van der Waals surface area (Å²) in [7, 11) is 3.21. The Labute approximate surface area is 164 Å². The highest BCUT2D eigenvalue weighted by molar-refractivity contribution is 5.86. The van der Waals surface area contributed by atoms with Gasteiger partial charge in [-0.15, -0.1) is 0 Å². The Morgan fingerprint density at radius 2 is 1.86 bits per heavy atom. The fourth-order valence-electron chi connectivity index (χ4n) is 2.61. The maximum atomic E-state index is 11.0. The van der Waals surface area contributed by atoms with Crippen LogP contribution in [-0.2, 0) is 4.79 Å². The molecule has 1 amide bonds. The van der Waals surface area contributed by atoms with Crippen LogP contribution in [0.3, 0.4) is 0 Å². The number of hydroxylamine groups is 1. The normalized spacial score (nSPS) is 11.0. The van der Waals surface area contributed by atoms with E-state index in [1.807, 2.05) is 32.0 Å². The molecule has 0 unspecified atom stereocenters. The molecule has 1 aromatic carbocycles. The summed E-state index contributed by atoms with van der Waals surface area (Å²) in [6.45, 7) is 8.23. The highest BCUT2D eigenvalue weighted by Crippen LogP contribution is 2.30. The van der Waals surface area contributed by atoms with E-state index in [0.717, 1.165) is 28.0 Å². The number of hydrogen-bond acceptors (Lipinski definition) is 5. The van der Waals surface area contributed by atoms with Crippen LogP contribution in [0.15, 0.2) is 49.1 Å². The van der Waals surface area contributed by atoms with E-state index in [2.05, 4.69) is 17.6 Å². The molecule has 146 valence electrons. The predicted molar refractivity (Wildman–Crippen MR) is 109 cm³/mol. The van der Waals surface area contributed by atoms with Crippen molar-refractivity contribution < 1.29 is 19.5 Å². The Morgan fingerprint density at radius 1 is 1.14 bits per heavy atom. The minimum absolute atomic E-state index is 0.588. The Bertz CT molecular complexity index is 946. The van der Waals surface area contributed by atoms with Crippen molar-refractivity contribution in [1.29, 1.82) is 0 Å². The van der Waals surface area contributed by atoms with Gasteiger partial charge in [0.25, 0.3) is 5.91 Å². The lowest BCUT2D eigenvalue weighted by molar-refractivity contribution is -0.124. The summed E-state index contributed by atoms with van der Waals surface area (Å²) >= 11 is 0. The lowest BCUT2D eigenvalue weighted by Crippen LogP contribution is -2.14. The minimum atomic E-state index is -0.615. The first kappa shape index (κ1) is 20.9. The fourth-order valence-corrected chi connectivity index (χ4v) is 2.61. The summed E-state index contributed by atoms with van der Waals surface area (Å²) in [6.07, 6.45) is 6.01. The zero-order valence-electron chi connectivity index (χ0n) is 16.4. The van der Waals surface area contributed by atoms with Crippen molar-refractivity contribution >= 4 is 17.6 Å². The SMILES string of the molecule is C=C(c1cc(C)c(C)c(OC)c1)c1ccc(OC)c(/C=C/C=C/C(=O)NO)n1. The zero-order chi connectivity index (χ0) is 20.7. The fraction of sp³-hybridized carbons (Fsp3) is 0.182. The van der Waals surface area contributed by atoms with Gasteiger partial charge in [0.15, 0.2) is 0 Å². The quantitative estimate of drug-likeness (QED) is 0.330. The smallest absolute Gasteiger partial charge is 0.267 e. The number of ether oxygens (including phenoxy) is 2. The average Bonchev–Trinajstić information content (AvgIpc) is 2.72. The third-order valence-corrected chi connectivity index (χ3v) is 4.33. The Morgan fingerprint density at radius 3 is 2.50 bits per heavy atom. The van der Waals surface area contributed by atoms with E-state index in [9.17, 15) is 4.79 Å². The van der Waals surface area contributed by atoms with Crippen LogP contribution in [0, 0.1) is 13.8 Å². The van der Waals surface area contributed by atoms with E-state index >= 15 is 0 Å². The molecule has 0 radical (unpaired) electrons. The molecule has 0 spiro atoms. The van der Waals surface area contributed by atoms with E-state index in [1.54, 1.807) is 26.4 Å². The van der Waals surface area contributed by atoms with Crippen LogP contribution in [0.25, 0.3) is 11.6 Å². The molecule has 0 atom stereocenters. The standard InChI is InChI=1S/C22H24N2O4/c1-14-12-17(13-21(28-5)15(14)2)16(3)18-10-11-20(27-4)19(23-18)8-6-7-9-22(25)24-26/h6-13,26H,3H2,1-2,4-5H3,(H,24,25)/b8-6+,9-7+. The van der Waals surface area contributed by atoms with Crippen LogP contribution in [0.2, 0.25) is 0 Å². The van der Waals surface area contributed by atoms with Crippen molar-refractivity contribution in [2.75, 3.05) is 14.2 Å². The first-order valence-electron chi connectivity index (χ1n) is 8.60. The molecule has 0 aliphatic carbocycles. The Kier molecular flexibility index (Phi) is 7.12. The molecule has 1 aromatic heterocycles. The molecule has 0 fully saturated rings. The zero-order valence-corrected chi connectivity index (χ0v) is 16.4. The molecule has 0 saturated carbocycles. The molecule has 0 saturated heterocycles. The molecule has 0 bridgehead atoms. The molecule has 2 aromatic rings. The number of nitrogens with zero attached hydrogens (tertiary/aromatic N) is 1. The molecule has 0 aliphatic rings. The van der Waals surface area contributed by atoms with Crippen molar-refractivity contribution in [2.24, 2.45) is 0 Å². The maximum Gasteiger partial charge on any atom is 0.267 e. The van der Waals surface area contributed by atoms with Gasteiger partial charge in [0.2, 0.25) is 0 Å². The number of carbonyl (C=O) groups excluding carboxylic acids is 1. The lowest BCUT2D eigenvalue weighted by Gasteiger charge is -2.13. The summed E-state index contributed by atoms with van der Waals surface area (Å²) in [5.74, 6) is 0.776. The second-order valence-corrected chi connectivity index (χ2v) is 6.08. The van der Waals surface area contributed by atoms with Crippen LogP contribution in [0.1, 0.15) is 28.1 Å². The highest BCUT2D eigenvalue weighted by Gasteiger charge is 2.11. The van der Waals surface area contributed by atoms with E-state index in [0.29, 0.717) is 17.1 Å². The van der Waals surface area contributed by atoms with Crippen LogP contribution in [0.4, 0.5) is 0 Å². The average molecular weight is 380 g/mol. The highest BCUT2D eigenvalue weighted by atomic mass is 16.5. The van der Waals surface area contributed by atoms with Gasteiger partial charge in [-0.25, -0.2) is 10.5 Å². The summed E-state index contributed by atoms with van der Waals surface area (Å²) < 4.78 is 10.8. The van der Waals surface area contributed by atoms with Gasteiger partial charge >= 0.3 is 0 Å². The van der Waals surface area contributed by atoms with Crippen molar-refractivity contribution in [3.63, 3.8) is 0 Å². The monoisotopic (exact) mass is 380 g/mol. The number of aryl methyl sites for hydroxylation is 1. The summed E-state index contributed by atoms with van der Waals surface area (Å²) in [5.41, 5.74) is 6.69. The van der Waals surface area contributed by atoms with Crippen molar-refractivity contribution in [2.45, 2.75) is 13.8 Å². The number of aromatic nitrogens is 1. The first-order chi connectivity index (χ1) is 13.4. The van der Waals surface area contributed by atoms with Gasteiger partial charge in [0.1, 0.15) is 17.2 Å². The van der Waals surface area contributed by atoms with E-state index in [1.165, 1.54) is 17.6 Å². The predicted octanol–water partition coefficient (Wildman–Crippen LogP) is 3.85. The summed E-state index contributed by atoms with van der Waals surface area (Å²) in [6, 6.07) is 7.66. The minimum Gasteiger partial charge on any atom is -0.496 e. The molecule has 6 nitrogen and oxygen atoms in total. The molecule has 2 N–H and O–H groups in total. The third kappa shape index (κ3) is 4.86. The number of carbonyl (C=O) groups is 1.